The first-order valence-electron chi connectivity index (χ1n) is 7.13. The molecule has 0 aliphatic carbocycles. The van der Waals surface area contributed by atoms with Crippen molar-refractivity contribution in [3.8, 4) is 10.4 Å². The van der Waals surface area contributed by atoms with E-state index in [0.717, 1.165) is 25.1 Å². The highest BCUT2D eigenvalue weighted by molar-refractivity contribution is 7.13. The fourth-order valence-corrected chi connectivity index (χ4v) is 3.30. The number of carbonyl (C=O) groups is 1. The van der Waals surface area contributed by atoms with Gasteiger partial charge in [-0.15, -0.1) is 11.3 Å². The van der Waals surface area contributed by atoms with Gasteiger partial charge in [0.2, 0.25) is 0 Å². The molecule has 1 aliphatic heterocycles. The molecule has 1 aliphatic rings. The number of amides is 2. The van der Waals surface area contributed by atoms with Crippen LogP contribution in [0, 0.1) is 5.92 Å². The van der Waals surface area contributed by atoms with Crippen LogP contribution in [0.5, 0.6) is 0 Å². The smallest absolute Gasteiger partial charge is 0.321 e. The van der Waals surface area contributed by atoms with Gasteiger partial charge in [-0.25, -0.2) is 4.79 Å². The van der Waals surface area contributed by atoms with Gasteiger partial charge in [-0.2, -0.15) is 0 Å². The number of urea groups is 1. The first kappa shape index (κ1) is 13.9. The zero-order valence-corrected chi connectivity index (χ0v) is 12.8. The number of anilines is 2. The second-order valence-corrected chi connectivity index (χ2v) is 6.50. The number of rotatable bonds is 2. The predicted octanol–water partition coefficient (Wildman–Crippen LogP) is 3.87. The molecule has 2 amide bonds. The first-order valence-corrected chi connectivity index (χ1v) is 8.01. The van der Waals surface area contributed by atoms with Crippen LogP contribution in [0.4, 0.5) is 16.2 Å². The summed E-state index contributed by atoms with van der Waals surface area (Å²) in [5, 5.41) is 4.98. The maximum atomic E-state index is 12.3. The number of hydrogen-bond acceptors (Lipinski definition) is 3. The molecule has 3 rings (SSSR count). The number of hydrogen-bond donors (Lipinski definition) is 2. The van der Waals surface area contributed by atoms with E-state index in [1.807, 2.05) is 34.5 Å². The largest absolute Gasteiger partial charge is 0.397 e. The van der Waals surface area contributed by atoms with Crippen molar-refractivity contribution in [1.82, 2.24) is 4.90 Å². The van der Waals surface area contributed by atoms with Crippen molar-refractivity contribution in [1.29, 1.82) is 0 Å². The van der Waals surface area contributed by atoms with E-state index in [1.165, 1.54) is 4.88 Å². The van der Waals surface area contributed by atoms with Gasteiger partial charge in [0.05, 0.1) is 11.4 Å². The Morgan fingerprint density at radius 3 is 2.95 bits per heavy atom. The summed E-state index contributed by atoms with van der Waals surface area (Å²) in [4.78, 5) is 15.3. The summed E-state index contributed by atoms with van der Waals surface area (Å²) in [6.07, 6.45) is 1.07. The van der Waals surface area contributed by atoms with Crippen molar-refractivity contribution in [3.05, 3.63) is 35.7 Å². The van der Waals surface area contributed by atoms with E-state index < -0.39 is 0 Å². The van der Waals surface area contributed by atoms with Crippen LogP contribution in [-0.4, -0.2) is 24.0 Å². The summed E-state index contributed by atoms with van der Waals surface area (Å²) >= 11 is 1.67. The van der Waals surface area contributed by atoms with Crippen molar-refractivity contribution >= 4 is 28.7 Å². The molecule has 5 heteroatoms. The van der Waals surface area contributed by atoms with Gasteiger partial charge in [-0.3, -0.25) is 0 Å². The minimum atomic E-state index is -0.0608. The Bertz CT molecular complexity index is 639. The number of nitrogens with one attached hydrogen (secondary N) is 1. The highest BCUT2D eigenvalue weighted by Crippen LogP contribution is 2.30. The Balaban J connectivity index is 1.78. The molecule has 0 bridgehead atoms. The van der Waals surface area contributed by atoms with E-state index in [1.54, 1.807) is 11.3 Å². The molecule has 1 atom stereocenters. The Hall–Kier alpha value is -2.01. The fraction of sp³-hybridized carbons (Fsp3) is 0.312. The highest BCUT2D eigenvalue weighted by atomic mass is 32.1. The van der Waals surface area contributed by atoms with E-state index in [4.69, 9.17) is 5.73 Å². The molecule has 0 saturated carbocycles. The maximum Gasteiger partial charge on any atom is 0.321 e. The lowest BCUT2D eigenvalue weighted by Crippen LogP contribution is -2.33. The van der Waals surface area contributed by atoms with Crippen molar-refractivity contribution in [2.75, 3.05) is 24.1 Å². The molecule has 0 spiro atoms. The van der Waals surface area contributed by atoms with Gasteiger partial charge in [0.15, 0.2) is 0 Å². The molecule has 1 unspecified atom stereocenters. The normalized spacial score (nSPS) is 18.0. The lowest BCUT2D eigenvalue weighted by molar-refractivity contribution is 0.221. The fourth-order valence-electron chi connectivity index (χ4n) is 2.57. The van der Waals surface area contributed by atoms with Gasteiger partial charge >= 0.3 is 6.03 Å². The number of nitrogen functional groups attached to an aromatic ring is 1. The van der Waals surface area contributed by atoms with Crippen LogP contribution >= 0.6 is 11.3 Å². The van der Waals surface area contributed by atoms with Crippen molar-refractivity contribution in [2.45, 2.75) is 13.3 Å². The van der Waals surface area contributed by atoms with Crippen molar-refractivity contribution < 1.29 is 4.79 Å². The SMILES string of the molecule is CC1CCN(C(=O)Nc2cc(-c3cccs3)ccc2N)C1. The standard InChI is InChI=1S/C16H19N3OS/c1-11-6-7-19(10-11)16(20)18-14-9-12(4-5-13(14)17)15-3-2-8-21-15/h2-5,8-9,11H,6-7,10,17H2,1H3,(H,18,20). The minimum absolute atomic E-state index is 0.0608. The van der Waals surface area contributed by atoms with Gasteiger partial charge in [0.1, 0.15) is 0 Å². The number of thiophene rings is 1. The van der Waals surface area contributed by atoms with E-state index in [9.17, 15) is 4.79 Å². The lowest BCUT2D eigenvalue weighted by Gasteiger charge is -2.18. The molecular weight excluding hydrogens is 282 g/mol. The summed E-state index contributed by atoms with van der Waals surface area (Å²) in [5.41, 5.74) is 8.34. The molecule has 2 aromatic rings. The Morgan fingerprint density at radius 2 is 2.29 bits per heavy atom. The van der Waals surface area contributed by atoms with Crippen LogP contribution in [0.1, 0.15) is 13.3 Å². The molecular formula is C16H19N3OS. The number of likely N-dealkylation sites (tertiary alicyclic amines) is 1. The number of nitrogens with zero attached hydrogens (tertiary/aromatic N) is 1. The van der Waals surface area contributed by atoms with Crippen molar-refractivity contribution in [3.63, 3.8) is 0 Å². The van der Waals surface area contributed by atoms with E-state index >= 15 is 0 Å². The molecule has 1 aromatic heterocycles. The van der Waals surface area contributed by atoms with Gasteiger partial charge in [0.25, 0.3) is 0 Å². The van der Waals surface area contributed by atoms with E-state index in [-0.39, 0.29) is 6.03 Å². The summed E-state index contributed by atoms with van der Waals surface area (Å²) < 4.78 is 0. The summed E-state index contributed by atoms with van der Waals surface area (Å²) in [7, 11) is 0. The first-order chi connectivity index (χ1) is 10.1. The Labute approximate surface area is 128 Å². The third-order valence-corrected chi connectivity index (χ3v) is 4.73. The second kappa shape index (κ2) is 5.77. The van der Waals surface area contributed by atoms with Gasteiger partial charge in [0, 0.05) is 18.0 Å². The Morgan fingerprint density at radius 1 is 1.43 bits per heavy atom. The average Bonchev–Trinajstić information content (AvgIpc) is 3.12. The van der Waals surface area contributed by atoms with E-state index in [0.29, 0.717) is 17.3 Å². The van der Waals surface area contributed by atoms with Crippen LogP contribution < -0.4 is 11.1 Å². The molecule has 1 fully saturated rings. The minimum Gasteiger partial charge on any atom is -0.397 e. The summed E-state index contributed by atoms with van der Waals surface area (Å²) in [5.74, 6) is 0.575. The van der Waals surface area contributed by atoms with Crippen LogP contribution in [0.2, 0.25) is 0 Å². The van der Waals surface area contributed by atoms with Gasteiger partial charge in [-0.05, 0) is 41.5 Å². The third-order valence-electron chi connectivity index (χ3n) is 3.81. The van der Waals surface area contributed by atoms with E-state index in [2.05, 4.69) is 18.3 Å². The topological polar surface area (TPSA) is 58.4 Å². The quantitative estimate of drug-likeness (QED) is 0.827. The maximum absolute atomic E-state index is 12.3. The van der Waals surface area contributed by atoms with Crippen molar-refractivity contribution in [2.24, 2.45) is 5.92 Å². The van der Waals surface area contributed by atoms with Crippen LogP contribution in [0.25, 0.3) is 10.4 Å². The number of benzene rings is 1. The second-order valence-electron chi connectivity index (χ2n) is 5.55. The van der Waals surface area contributed by atoms with Gasteiger partial charge < -0.3 is 16.0 Å². The van der Waals surface area contributed by atoms with Crippen LogP contribution in [0.3, 0.4) is 0 Å². The summed E-state index contributed by atoms with van der Waals surface area (Å²) in [6.45, 7) is 3.80. The number of carbonyl (C=O) groups excluding carboxylic acids is 1. The molecule has 110 valence electrons. The summed E-state index contributed by atoms with van der Waals surface area (Å²) in [6, 6.07) is 9.78. The monoisotopic (exact) mass is 301 g/mol. The average molecular weight is 301 g/mol. The third kappa shape index (κ3) is 3.03. The zero-order valence-electron chi connectivity index (χ0n) is 12.0. The highest BCUT2D eigenvalue weighted by Gasteiger charge is 2.23. The molecule has 0 radical (unpaired) electrons. The molecule has 3 N–H and O–H groups in total. The van der Waals surface area contributed by atoms with Crippen LogP contribution in [-0.2, 0) is 0 Å². The van der Waals surface area contributed by atoms with Crippen LogP contribution in [0.15, 0.2) is 35.7 Å². The Kier molecular flexibility index (Phi) is 3.84. The molecule has 1 saturated heterocycles. The number of nitrogens with two attached hydrogens (primary N) is 1. The zero-order chi connectivity index (χ0) is 14.8. The molecule has 4 nitrogen and oxygen atoms in total. The lowest BCUT2D eigenvalue weighted by atomic mass is 10.1. The van der Waals surface area contributed by atoms with Gasteiger partial charge in [-0.1, -0.05) is 19.1 Å². The molecule has 21 heavy (non-hydrogen) atoms. The predicted molar refractivity (Wildman–Crippen MR) is 88.5 cm³/mol. The molecule has 2 heterocycles. The molecule has 1 aromatic carbocycles.